The van der Waals surface area contributed by atoms with Crippen LogP contribution in [0.1, 0.15) is 13.8 Å². The van der Waals surface area contributed by atoms with Crippen molar-refractivity contribution < 1.29 is 8.42 Å². The van der Waals surface area contributed by atoms with Crippen LogP contribution >= 0.6 is 0 Å². The highest BCUT2D eigenvalue weighted by atomic mass is 32.2. The number of nitrogens with zero attached hydrogens (tertiary/aromatic N) is 2. The smallest absolute Gasteiger partial charge is 0.282 e. The lowest BCUT2D eigenvalue weighted by atomic mass is 10.2. The fourth-order valence-electron chi connectivity index (χ4n) is 1.37. The summed E-state index contributed by atoms with van der Waals surface area (Å²) in [5.74, 6) is 0. The molecular formula is C7H17N3O2S. The molecule has 0 amide bonds. The van der Waals surface area contributed by atoms with E-state index in [1.165, 1.54) is 8.61 Å². The fourth-order valence-corrected chi connectivity index (χ4v) is 3.11. The molecule has 2 N–H and O–H groups in total. The highest BCUT2D eigenvalue weighted by Gasteiger charge is 2.36. The van der Waals surface area contributed by atoms with Crippen LogP contribution in [0.5, 0.6) is 0 Å². The summed E-state index contributed by atoms with van der Waals surface area (Å²) in [6, 6.07) is 0.0188. The fraction of sp³-hybridized carbons (Fsp3) is 1.00. The van der Waals surface area contributed by atoms with E-state index in [2.05, 4.69) is 0 Å². The Morgan fingerprint density at radius 3 is 2.15 bits per heavy atom. The molecule has 0 aromatic carbocycles. The highest BCUT2D eigenvalue weighted by molar-refractivity contribution is 7.86. The van der Waals surface area contributed by atoms with Crippen molar-refractivity contribution in [2.45, 2.75) is 19.9 Å². The molecule has 1 heterocycles. The van der Waals surface area contributed by atoms with Crippen molar-refractivity contribution in [3.8, 4) is 0 Å². The molecule has 0 aromatic rings. The third-order valence-corrected chi connectivity index (χ3v) is 4.35. The number of hydrogen-bond donors (Lipinski definition) is 1. The first-order valence-electron chi connectivity index (χ1n) is 4.53. The maximum absolute atomic E-state index is 11.7. The summed E-state index contributed by atoms with van der Waals surface area (Å²) in [4.78, 5) is 0. The monoisotopic (exact) mass is 207 g/mol. The Morgan fingerprint density at radius 1 is 1.38 bits per heavy atom. The van der Waals surface area contributed by atoms with Gasteiger partial charge in [0.1, 0.15) is 0 Å². The number of nitrogens with two attached hydrogens (primary N) is 1. The van der Waals surface area contributed by atoms with Gasteiger partial charge in [-0.25, -0.2) is 0 Å². The van der Waals surface area contributed by atoms with Crippen LogP contribution in [-0.4, -0.2) is 49.2 Å². The molecule has 1 saturated heterocycles. The maximum atomic E-state index is 11.7. The lowest BCUT2D eigenvalue weighted by molar-refractivity contribution is 0.243. The predicted octanol–water partition coefficient (Wildman–Crippen LogP) is -0.784. The van der Waals surface area contributed by atoms with Gasteiger partial charge in [-0.15, -0.1) is 0 Å². The molecule has 0 unspecified atom stereocenters. The first-order chi connectivity index (χ1) is 6.02. The van der Waals surface area contributed by atoms with Crippen LogP contribution in [0, 0.1) is 0 Å². The third-order valence-electron chi connectivity index (χ3n) is 2.23. The van der Waals surface area contributed by atoms with E-state index >= 15 is 0 Å². The average molecular weight is 207 g/mol. The van der Waals surface area contributed by atoms with Crippen LogP contribution in [0.2, 0.25) is 0 Å². The molecule has 0 bridgehead atoms. The molecule has 78 valence electrons. The summed E-state index contributed by atoms with van der Waals surface area (Å²) in [6.45, 7) is 5.62. The van der Waals surface area contributed by atoms with Gasteiger partial charge in [0.2, 0.25) is 0 Å². The molecule has 6 heteroatoms. The van der Waals surface area contributed by atoms with E-state index in [9.17, 15) is 8.42 Å². The highest BCUT2D eigenvalue weighted by Crippen LogP contribution is 2.15. The normalized spacial score (nSPS) is 20.6. The first kappa shape index (κ1) is 10.9. The van der Waals surface area contributed by atoms with Crippen LogP contribution in [0.3, 0.4) is 0 Å². The standard InChI is InChI=1S/C7H17N3O2S/c1-3-9(4-2)13(11,12)10-5-7(8)6-10/h7H,3-6,8H2,1-2H3. The predicted molar refractivity (Wildman–Crippen MR) is 51.4 cm³/mol. The molecule has 0 radical (unpaired) electrons. The summed E-state index contributed by atoms with van der Waals surface area (Å²) in [5, 5.41) is 0. The Labute approximate surface area is 79.7 Å². The molecule has 0 saturated carbocycles. The molecule has 1 fully saturated rings. The molecule has 1 rings (SSSR count). The van der Waals surface area contributed by atoms with Crippen molar-refractivity contribution in [3.63, 3.8) is 0 Å². The van der Waals surface area contributed by atoms with Gasteiger partial charge in [-0.1, -0.05) is 13.8 Å². The van der Waals surface area contributed by atoms with E-state index < -0.39 is 10.2 Å². The molecular weight excluding hydrogens is 190 g/mol. The molecule has 5 nitrogen and oxygen atoms in total. The van der Waals surface area contributed by atoms with Gasteiger partial charge in [-0.05, 0) is 0 Å². The van der Waals surface area contributed by atoms with E-state index in [-0.39, 0.29) is 6.04 Å². The first-order valence-corrected chi connectivity index (χ1v) is 5.92. The second kappa shape index (κ2) is 3.91. The molecule has 0 aromatic heterocycles. The van der Waals surface area contributed by atoms with E-state index in [1.54, 1.807) is 0 Å². The van der Waals surface area contributed by atoms with E-state index in [0.717, 1.165) is 0 Å². The van der Waals surface area contributed by atoms with Gasteiger partial charge in [0.15, 0.2) is 0 Å². The van der Waals surface area contributed by atoms with Crippen molar-refractivity contribution in [1.29, 1.82) is 0 Å². The minimum absolute atomic E-state index is 0.0188. The summed E-state index contributed by atoms with van der Waals surface area (Å²) < 4.78 is 26.3. The molecule has 0 atom stereocenters. The summed E-state index contributed by atoms with van der Waals surface area (Å²) in [6.07, 6.45) is 0. The summed E-state index contributed by atoms with van der Waals surface area (Å²) in [5.41, 5.74) is 5.52. The summed E-state index contributed by atoms with van der Waals surface area (Å²) >= 11 is 0. The lowest BCUT2D eigenvalue weighted by Gasteiger charge is -2.38. The zero-order chi connectivity index (χ0) is 10.1. The Balaban J connectivity index is 2.65. The molecule has 13 heavy (non-hydrogen) atoms. The SMILES string of the molecule is CCN(CC)S(=O)(=O)N1CC(N)C1. The van der Waals surface area contributed by atoms with Gasteiger partial charge in [0, 0.05) is 32.2 Å². The summed E-state index contributed by atoms with van der Waals surface area (Å²) in [7, 11) is -3.21. The zero-order valence-corrected chi connectivity index (χ0v) is 8.92. The zero-order valence-electron chi connectivity index (χ0n) is 8.10. The van der Waals surface area contributed by atoms with Gasteiger partial charge in [0.25, 0.3) is 10.2 Å². The van der Waals surface area contributed by atoms with E-state index in [4.69, 9.17) is 5.73 Å². The van der Waals surface area contributed by atoms with Gasteiger partial charge in [-0.2, -0.15) is 17.0 Å². The van der Waals surface area contributed by atoms with Crippen LogP contribution in [-0.2, 0) is 10.2 Å². The van der Waals surface area contributed by atoms with Crippen LogP contribution in [0.25, 0.3) is 0 Å². The van der Waals surface area contributed by atoms with Gasteiger partial charge >= 0.3 is 0 Å². The second-order valence-electron chi connectivity index (χ2n) is 3.17. The minimum Gasteiger partial charge on any atom is -0.325 e. The lowest BCUT2D eigenvalue weighted by Crippen LogP contribution is -2.60. The Kier molecular flexibility index (Phi) is 3.28. The number of hydrogen-bond acceptors (Lipinski definition) is 3. The van der Waals surface area contributed by atoms with Crippen LogP contribution in [0.4, 0.5) is 0 Å². The van der Waals surface area contributed by atoms with Crippen molar-refractivity contribution >= 4 is 10.2 Å². The molecule has 0 aliphatic carbocycles. The number of rotatable bonds is 4. The topological polar surface area (TPSA) is 66.6 Å². The van der Waals surface area contributed by atoms with Crippen molar-refractivity contribution in [2.75, 3.05) is 26.2 Å². The van der Waals surface area contributed by atoms with Gasteiger partial charge < -0.3 is 5.73 Å². The van der Waals surface area contributed by atoms with Gasteiger partial charge in [0.05, 0.1) is 0 Å². The second-order valence-corrected chi connectivity index (χ2v) is 5.10. The molecule has 1 aliphatic rings. The van der Waals surface area contributed by atoms with Crippen LogP contribution < -0.4 is 5.73 Å². The Bertz CT molecular complexity index is 255. The average Bonchev–Trinajstić information content (AvgIpc) is 2.00. The third kappa shape index (κ3) is 2.01. The van der Waals surface area contributed by atoms with Crippen molar-refractivity contribution in [3.05, 3.63) is 0 Å². The van der Waals surface area contributed by atoms with E-state index in [0.29, 0.717) is 26.2 Å². The largest absolute Gasteiger partial charge is 0.325 e. The van der Waals surface area contributed by atoms with Crippen molar-refractivity contribution in [2.24, 2.45) is 5.73 Å². The van der Waals surface area contributed by atoms with E-state index in [1.807, 2.05) is 13.8 Å². The Hall–Kier alpha value is -0.170. The Morgan fingerprint density at radius 2 is 1.85 bits per heavy atom. The van der Waals surface area contributed by atoms with Gasteiger partial charge in [-0.3, -0.25) is 0 Å². The molecule has 1 aliphatic heterocycles. The quantitative estimate of drug-likeness (QED) is 0.657. The minimum atomic E-state index is -3.21. The van der Waals surface area contributed by atoms with Crippen molar-refractivity contribution in [1.82, 2.24) is 8.61 Å². The van der Waals surface area contributed by atoms with Crippen LogP contribution in [0.15, 0.2) is 0 Å². The maximum Gasteiger partial charge on any atom is 0.282 e. The molecule has 0 spiro atoms.